The van der Waals surface area contributed by atoms with Crippen LogP contribution in [-0.2, 0) is 0 Å². The highest BCUT2D eigenvalue weighted by atomic mass is 16.6. The molecule has 0 aliphatic rings. The molecule has 0 atom stereocenters. The lowest BCUT2D eigenvalue weighted by Crippen LogP contribution is -2.20. The molecule has 0 aliphatic carbocycles. The molecule has 0 radical (unpaired) electrons. The summed E-state index contributed by atoms with van der Waals surface area (Å²) in [7, 11) is -1.82. The van der Waals surface area contributed by atoms with Crippen LogP contribution < -0.4 is 4.65 Å². The van der Waals surface area contributed by atoms with Crippen molar-refractivity contribution in [3.8, 4) is 16.9 Å². The molecule has 1 aromatic carbocycles. The van der Waals surface area contributed by atoms with Crippen molar-refractivity contribution >= 4 is 7.32 Å². The summed E-state index contributed by atoms with van der Waals surface area (Å²) in [5.74, 6) is 0.420. The molecule has 2 N–H and O–H groups in total. The number of hydrogen-bond donors (Lipinski definition) is 2. The van der Waals surface area contributed by atoms with Gasteiger partial charge in [-0.1, -0.05) is 18.2 Å². The van der Waals surface area contributed by atoms with Crippen LogP contribution in [0.5, 0.6) is 5.75 Å². The normalized spacial score (nSPS) is 9.88. The summed E-state index contributed by atoms with van der Waals surface area (Å²) in [5.41, 5.74) is 1.70. The van der Waals surface area contributed by atoms with Crippen molar-refractivity contribution in [3.63, 3.8) is 0 Å². The van der Waals surface area contributed by atoms with Crippen molar-refractivity contribution in [3.05, 3.63) is 48.8 Å². The zero-order valence-corrected chi connectivity index (χ0v) is 8.45. The molecule has 0 spiro atoms. The van der Waals surface area contributed by atoms with Crippen LogP contribution in [0, 0.1) is 0 Å². The second kappa shape index (κ2) is 4.78. The zero-order chi connectivity index (χ0) is 11.4. The van der Waals surface area contributed by atoms with Crippen molar-refractivity contribution in [1.82, 2.24) is 4.98 Å². The molecule has 0 bridgehead atoms. The molecule has 0 amide bonds. The van der Waals surface area contributed by atoms with Crippen molar-refractivity contribution < 1.29 is 14.7 Å². The minimum absolute atomic E-state index is 0.420. The molecule has 0 aliphatic heterocycles. The van der Waals surface area contributed by atoms with Gasteiger partial charge in [-0.3, -0.25) is 4.98 Å². The molecule has 4 nitrogen and oxygen atoms in total. The van der Waals surface area contributed by atoms with Crippen LogP contribution >= 0.6 is 0 Å². The van der Waals surface area contributed by atoms with Crippen LogP contribution in [0.1, 0.15) is 0 Å². The fraction of sp³-hybridized carbons (Fsp3) is 0. The van der Waals surface area contributed by atoms with Crippen LogP contribution in [0.15, 0.2) is 48.8 Å². The van der Waals surface area contributed by atoms with Crippen LogP contribution in [0.4, 0.5) is 0 Å². The zero-order valence-electron chi connectivity index (χ0n) is 8.45. The van der Waals surface area contributed by atoms with Gasteiger partial charge in [0.2, 0.25) is 0 Å². The molecular weight excluding hydrogens is 205 g/mol. The topological polar surface area (TPSA) is 62.6 Å². The Morgan fingerprint density at radius 1 is 1.00 bits per heavy atom. The summed E-state index contributed by atoms with van der Waals surface area (Å²) in [4.78, 5) is 3.92. The Labute approximate surface area is 93.3 Å². The van der Waals surface area contributed by atoms with Crippen LogP contribution in [0.3, 0.4) is 0 Å². The lowest BCUT2D eigenvalue weighted by atomic mass is 10.1. The number of nitrogens with zero attached hydrogens (tertiary/aromatic N) is 1. The van der Waals surface area contributed by atoms with Crippen LogP contribution in [0.25, 0.3) is 11.1 Å². The maximum Gasteiger partial charge on any atom is 0.707 e. The predicted octanol–water partition coefficient (Wildman–Crippen LogP) is 1.10. The highest BCUT2D eigenvalue weighted by Crippen LogP contribution is 2.29. The predicted molar refractivity (Wildman–Crippen MR) is 60.5 cm³/mol. The first-order chi connectivity index (χ1) is 7.77. The maximum atomic E-state index is 8.80. The Bertz CT molecular complexity index is 462. The first-order valence-corrected chi connectivity index (χ1v) is 4.79. The Morgan fingerprint density at radius 3 is 2.38 bits per heavy atom. The third kappa shape index (κ3) is 2.39. The first kappa shape index (κ1) is 10.7. The molecule has 2 aromatic rings. The second-order valence-electron chi connectivity index (χ2n) is 3.18. The molecule has 2 rings (SSSR count). The molecule has 5 heteroatoms. The minimum atomic E-state index is -1.82. The Balaban J connectivity index is 2.41. The van der Waals surface area contributed by atoms with Gasteiger partial charge in [-0.15, -0.1) is 0 Å². The Kier molecular flexibility index (Phi) is 3.19. The standard InChI is InChI=1S/C11H10BNO3/c14-12(15)16-11-4-2-1-3-10(11)9-5-7-13-8-6-9/h1-8,14-15H. The Morgan fingerprint density at radius 2 is 1.69 bits per heavy atom. The quantitative estimate of drug-likeness (QED) is 0.752. The summed E-state index contributed by atoms with van der Waals surface area (Å²) in [6.07, 6.45) is 3.34. The number of para-hydroxylation sites is 1. The number of aromatic nitrogens is 1. The minimum Gasteiger partial charge on any atom is -0.512 e. The van der Waals surface area contributed by atoms with Gasteiger partial charge in [-0.05, 0) is 23.8 Å². The van der Waals surface area contributed by atoms with Crippen LogP contribution in [0.2, 0.25) is 0 Å². The fourth-order valence-electron chi connectivity index (χ4n) is 1.45. The van der Waals surface area contributed by atoms with E-state index in [4.69, 9.17) is 14.7 Å². The third-order valence-electron chi connectivity index (χ3n) is 2.11. The van der Waals surface area contributed by atoms with Gasteiger partial charge in [0.05, 0.1) is 0 Å². The highest BCUT2D eigenvalue weighted by Gasteiger charge is 2.14. The second-order valence-corrected chi connectivity index (χ2v) is 3.18. The van der Waals surface area contributed by atoms with Gasteiger partial charge in [0.15, 0.2) is 0 Å². The highest BCUT2D eigenvalue weighted by molar-refractivity contribution is 6.34. The smallest absolute Gasteiger partial charge is 0.512 e. The third-order valence-corrected chi connectivity index (χ3v) is 2.11. The monoisotopic (exact) mass is 215 g/mol. The van der Waals surface area contributed by atoms with Gasteiger partial charge < -0.3 is 14.7 Å². The molecule has 1 aromatic heterocycles. The molecular formula is C11H10BNO3. The van der Waals surface area contributed by atoms with Gasteiger partial charge in [-0.2, -0.15) is 0 Å². The molecule has 1 heterocycles. The summed E-state index contributed by atoms with van der Waals surface area (Å²) in [5, 5.41) is 17.6. The largest absolute Gasteiger partial charge is 0.707 e. The lowest BCUT2D eigenvalue weighted by Gasteiger charge is -2.10. The molecule has 0 saturated carbocycles. The molecule has 16 heavy (non-hydrogen) atoms. The van der Waals surface area contributed by atoms with Crippen molar-refractivity contribution in [2.24, 2.45) is 0 Å². The van der Waals surface area contributed by atoms with E-state index in [1.165, 1.54) is 0 Å². The van der Waals surface area contributed by atoms with E-state index < -0.39 is 7.32 Å². The summed E-state index contributed by atoms with van der Waals surface area (Å²) in [6.45, 7) is 0. The van der Waals surface area contributed by atoms with E-state index in [-0.39, 0.29) is 0 Å². The SMILES string of the molecule is OB(O)Oc1ccccc1-c1ccncc1. The van der Waals surface area contributed by atoms with Gasteiger partial charge >= 0.3 is 7.32 Å². The fourth-order valence-corrected chi connectivity index (χ4v) is 1.45. The van der Waals surface area contributed by atoms with Crippen molar-refractivity contribution in [2.75, 3.05) is 0 Å². The molecule has 0 fully saturated rings. The van der Waals surface area contributed by atoms with E-state index in [9.17, 15) is 0 Å². The average molecular weight is 215 g/mol. The van der Waals surface area contributed by atoms with E-state index >= 15 is 0 Å². The first-order valence-electron chi connectivity index (χ1n) is 4.79. The summed E-state index contributed by atoms with van der Waals surface area (Å²) >= 11 is 0. The van der Waals surface area contributed by atoms with Gasteiger partial charge in [0.25, 0.3) is 0 Å². The van der Waals surface area contributed by atoms with Gasteiger partial charge in [0.1, 0.15) is 5.75 Å². The lowest BCUT2D eigenvalue weighted by molar-refractivity contribution is 0.288. The van der Waals surface area contributed by atoms with E-state index in [1.807, 2.05) is 24.3 Å². The van der Waals surface area contributed by atoms with Gasteiger partial charge in [-0.25, -0.2) is 0 Å². The van der Waals surface area contributed by atoms with Gasteiger partial charge in [0, 0.05) is 18.0 Å². The summed E-state index contributed by atoms with van der Waals surface area (Å²) in [6, 6.07) is 10.8. The number of rotatable bonds is 3. The molecule has 80 valence electrons. The summed E-state index contributed by atoms with van der Waals surface area (Å²) < 4.78 is 4.89. The number of benzene rings is 1. The van der Waals surface area contributed by atoms with E-state index in [0.717, 1.165) is 11.1 Å². The Hall–Kier alpha value is -1.85. The van der Waals surface area contributed by atoms with Crippen molar-refractivity contribution in [2.45, 2.75) is 0 Å². The number of hydrogen-bond acceptors (Lipinski definition) is 4. The molecule has 0 unspecified atom stereocenters. The van der Waals surface area contributed by atoms with E-state index in [2.05, 4.69) is 4.98 Å². The van der Waals surface area contributed by atoms with E-state index in [0.29, 0.717) is 5.75 Å². The maximum absolute atomic E-state index is 8.80. The number of pyridine rings is 1. The van der Waals surface area contributed by atoms with Crippen molar-refractivity contribution in [1.29, 1.82) is 0 Å². The van der Waals surface area contributed by atoms with E-state index in [1.54, 1.807) is 24.5 Å². The van der Waals surface area contributed by atoms with Crippen LogP contribution in [-0.4, -0.2) is 22.4 Å². The molecule has 0 saturated heterocycles. The average Bonchev–Trinajstić information content (AvgIpc) is 2.30.